The standard InChI is InChI=1S/C50H59ClN8O11S/c1-32-9-7-13-38(51)37(32)27-40(62)42-29-52-50(71-42)55-43-28-44(54-33(2)53-43)58-19-17-57(18-20-58)30-34(60)10-3-5-21-67-23-25-69-26-24-68-22-6-4-11-35(61)31-70-41-14-8-12-36-46(41)49(66)59(48(36)65)39-15-16-45(63)56-47(39)64/h7-9,12-14,28-29,39H,3-6,10-11,15-27,30-31H2,1-2H3,(H,56,63,64)(H,52,53,54,55). The summed E-state index contributed by atoms with van der Waals surface area (Å²) in [7, 11) is 0. The number of aryl methyl sites for hydroxylation is 2. The minimum Gasteiger partial charge on any atom is -0.485 e. The Balaban J connectivity index is 0.671. The van der Waals surface area contributed by atoms with Crippen LogP contribution in [0.5, 0.6) is 5.75 Å². The van der Waals surface area contributed by atoms with Crippen molar-refractivity contribution < 1.29 is 52.5 Å². The molecule has 2 fully saturated rings. The summed E-state index contributed by atoms with van der Waals surface area (Å²) in [6.45, 7) is 9.50. The third-order valence-electron chi connectivity index (χ3n) is 12.2. The number of aromatic nitrogens is 3. The molecule has 0 spiro atoms. The fourth-order valence-corrected chi connectivity index (χ4v) is 9.43. The molecule has 2 aromatic carbocycles. The van der Waals surface area contributed by atoms with E-state index in [0.717, 1.165) is 60.9 Å². The van der Waals surface area contributed by atoms with E-state index >= 15 is 0 Å². The van der Waals surface area contributed by atoms with E-state index in [9.17, 15) is 33.6 Å². The van der Waals surface area contributed by atoms with E-state index in [1.807, 2.05) is 32.0 Å². The van der Waals surface area contributed by atoms with Crippen LogP contribution in [0.25, 0.3) is 0 Å². The van der Waals surface area contributed by atoms with Gasteiger partial charge < -0.3 is 29.2 Å². The Morgan fingerprint density at radius 2 is 1.52 bits per heavy atom. The van der Waals surface area contributed by atoms with Crippen LogP contribution >= 0.6 is 22.9 Å². The highest BCUT2D eigenvalue weighted by molar-refractivity contribution is 7.17. The highest BCUT2D eigenvalue weighted by atomic mass is 35.5. The summed E-state index contributed by atoms with van der Waals surface area (Å²) in [6.07, 6.45) is 5.35. The number of hydrogen-bond acceptors (Lipinski definition) is 18. The molecule has 3 aliphatic heterocycles. The summed E-state index contributed by atoms with van der Waals surface area (Å²) < 4.78 is 22.5. The molecule has 2 N–H and O–H groups in total. The van der Waals surface area contributed by atoms with E-state index in [1.54, 1.807) is 18.3 Å². The van der Waals surface area contributed by atoms with E-state index in [4.69, 9.17) is 30.5 Å². The number of anilines is 3. The Bertz CT molecular complexity index is 2570. The van der Waals surface area contributed by atoms with Gasteiger partial charge in [0.1, 0.15) is 41.6 Å². The van der Waals surface area contributed by atoms with Gasteiger partial charge in [-0.1, -0.05) is 41.1 Å². The van der Waals surface area contributed by atoms with Crippen molar-refractivity contribution in [2.45, 2.75) is 77.7 Å². The van der Waals surface area contributed by atoms with Gasteiger partial charge in [0.05, 0.1) is 55.2 Å². The van der Waals surface area contributed by atoms with Crippen LogP contribution in [0.3, 0.4) is 0 Å². The van der Waals surface area contributed by atoms with Gasteiger partial charge in [0.25, 0.3) is 11.8 Å². The van der Waals surface area contributed by atoms with Crippen LogP contribution in [0, 0.1) is 13.8 Å². The number of imide groups is 2. The number of Topliss-reactive ketones (excluding diaryl/α,β-unsaturated/α-hetero) is 3. The number of benzene rings is 2. The van der Waals surface area contributed by atoms with Gasteiger partial charge in [-0.15, -0.1) is 0 Å². The van der Waals surface area contributed by atoms with Crippen molar-refractivity contribution in [3.05, 3.63) is 86.6 Å². The van der Waals surface area contributed by atoms with Crippen molar-refractivity contribution in [3.63, 3.8) is 0 Å². The quantitative estimate of drug-likeness (QED) is 0.0406. The summed E-state index contributed by atoms with van der Waals surface area (Å²) in [6, 6.07) is 10.9. The minimum atomic E-state index is -1.09. The van der Waals surface area contributed by atoms with Crippen molar-refractivity contribution in [1.29, 1.82) is 0 Å². The first-order valence-electron chi connectivity index (χ1n) is 23.9. The largest absolute Gasteiger partial charge is 0.485 e. The summed E-state index contributed by atoms with van der Waals surface area (Å²) in [5.41, 5.74) is 1.88. The Morgan fingerprint density at radius 3 is 2.23 bits per heavy atom. The van der Waals surface area contributed by atoms with Gasteiger partial charge in [-0.05, 0) is 75.3 Å². The first kappa shape index (κ1) is 52.8. The number of halogens is 1. The second-order valence-electron chi connectivity index (χ2n) is 17.5. The van der Waals surface area contributed by atoms with Crippen molar-refractivity contribution in [2.24, 2.45) is 0 Å². The van der Waals surface area contributed by atoms with Crippen LogP contribution in [0.4, 0.5) is 16.8 Å². The lowest BCUT2D eigenvalue weighted by Crippen LogP contribution is -2.54. The number of carbonyl (C=O) groups excluding carboxylic acids is 7. The summed E-state index contributed by atoms with van der Waals surface area (Å²) in [4.78, 5) is 108. The zero-order valence-electron chi connectivity index (χ0n) is 40.0. The molecular weight excluding hydrogens is 956 g/mol. The summed E-state index contributed by atoms with van der Waals surface area (Å²) in [5, 5.41) is 6.54. The van der Waals surface area contributed by atoms with Crippen LogP contribution in [0.1, 0.15) is 98.7 Å². The van der Waals surface area contributed by atoms with Gasteiger partial charge in [0.2, 0.25) is 11.8 Å². The number of hydrogen-bond donors (Lipinski definition) is 2. The average molecular weight is 1020 g/mol. The molecule has 7 rings (SSSR count). The molecule has 1 unspecified atom stereocenters. The number of nitrogens with one attached hydrogen (secondary N) is 2. The van der Waals surface area contributed by atoms with Crippen LogP contribution in [-0.2, 0) is 39.8 Å². The second kappa shape index (κ2) is 25.9. The summed E-state index contributed by atoms with van der Waals surface area (Å²) >= 11 is 7.62. The van der Waals surface area contributed by atoms with Gasteiger partial charge >= 0.3 is 0 Å². The van der Waals surface area contributed by atoms with E-state index < -0.39 is 29.7 Å². The summed E-state index contributed by atoms with van der Waals surface area (Å²) in [5.74, 6) is -0.438. The Labute approximate surface area is 420 Å². The monoisotopic (exact) mass is 1010 g/mol. The topological polar surface area (TPSA) is 229 Å². The fraction of sp³-hybridized carbons (Fsp3) is 0.480. The van der Waals surface area contributed by atoms with E-state index in [2.05, 4.69) is 35.4 Å². The number of rotatable bonds is 28. The lowest BCUT2D eigenvalue weighted by atomic mass is 10.0. The number of carbonyl (C=O) groups is 7. The third kappa shape index (κ3) is 14.8. The molecular formula is C50H59ClN8O11S. The number of ketones is 3. The molecule has 0 bridgehead atoms. The number of piperazine rings is 1. The van der Waals surface area contributed by atoms with Crippen molar-refractivity contribution in [1.82, 2.24) is 30.1 Å². The fourth-order valence-electron chi connectivity index (χ4n) is 8.38. The molecule has 19 nitrogen and oxygen atoms in total. The molecule has 378 valence electrons. The number of unbranched alkanes of at least 4 members (excludes halogenated alkanes) is 2. The van der Waals surface area contributed by atoms with E-state index in [-0.39, 0.29) is 66.5 Å². The number of ether oxygens (including phenoxy) is 4. The maximum atomic E-state index is 13.2. The van der Waals surface area contributed by atoms with Crippen LogP contribution in [0.15, 0.2) is 48.7 Å². The lowest BCUT2D eigenvalue weighted by Gasteiger charge is -2.35. The predicted octanol–water partition coefficient (Wildman–Crippen LogP) is 5.50. The van der Waals surface area contributed by atoms with E-state index in [0.29, 0.717) is 92.1 Å². The number of piperidine rings is 1. The number of amides is 4. The second-order valence-corrected chi connectivity index (χ2v) is 18.9. The third-order valence-corrected chi connectivity index (χ3v) is 13.5. The number of nitrogens with zero attached hydrogens (tertiary/aromatic N) is 6. The molecule has 2 saturated heterocycles. The highest BCUT2D eigenvalue weighted by Gasteiger charge is 2.46. The average Bonchev–Trinajstić information content (AvgIpc) is 3.92. The normalized spacial score (nSPS) is 16.1. The van der Waals surface area contributed by atoms with Crippen molar-refractivity contribution >= 4 is 80.7 Å². The van der Waals surface area contributed by atoms with Crippen molar-refractivity contribution in [2.75, 3.05) is 89.2 Å². The highest BCUT2D eigenvalue weighted by Crippen LogP contribution is 2.34. The lowest BCUT2D eigenvalue weighted by molar-refractivity contribution is -0.136. The molecule has 4 amide bonds. The molecule has 5 heterocycles. The van der Waals surface area contributed by atoms with Gasteiger partial charge in [-0.25, -0.2) is 15.0 Å². The predicted molar refractivity (Wildman–Crippen MR) is 264 cm³/mol. The minimum absolute atomic E-state index is 0.00312. The zero-order valence-corrected chi connectivity index (χ0v) is 41.6. The molecule has 0 radical (unpaired) electrons. The number of fused-ring (bicyclic) bond motifs is 1. The van der Waals surface area contributed by atoms with Crippen LogP contribution in [-0.4, -0.2) is 151 Å². The van der Waals surface area contributed by atoms with Crippen LogP contribution in [0.2, 0.25) is 5.02 Å². The van der Waals surface area contributed by atoms with E-state index in [1.165, 1.54) is 23.5 Å². The molecule has 0 aliphatic carbocycles. The Kier molecular flexibility index (Phi) is 19.3. The van der Waals surface area contributed by atoms with Crippen molar-refractivity contribution in [3.8, 4) is 5.75 Å². The smallest absolute Gasteiger partial charge is 0.266 e. The Hall–Kier alpha value is -6.03. The molecule has 71 heavy (non-hydrogen) atoms. The van der Waals surface area contributed by atoms with Gasteiger partial charge in [-0.2, -0.15) is 0 Å². The maximum absolute atomic E-state index is 13.2. The SMILES string of the molecule is Cc1nc(Nc2ncc(C(=O)Cc3c(C)cccc3Cl)s2)cc(N2CCN(CC(=O)CCCCOCCOCCOCCCCC(=O)COc3cccc4c3C(=O)N(C3CCC(=O)NC3=O)C4=O)CC2)n1. The first-order chi connectivity index (χ1) is 34.3. The number of thiazole rings is 1. The molecule has 0 saturated carbocycles. The van der Waals surface area contributed by atoms with Gasteiger partial charge in [-0.3, -0.25) is 48.7 Å². The Morgan fingerprint density at radius 1 is 0.831 bits per heavy atom. The molecule has 21 heteroatoms. The van der Waals surface area contributed by atoms with Gasteiger partial charge in [0, 0.05) is 76.2 Å². The zero-order chi connectivity index (χ0) is 50.3. The maximum Gasteiger partial charge on any atom is 0.266 e. The molecule has 2 aromatic heterocycles. The molecule has 4 aromatic rings. The molecule has 1 atom stereocenters. The molecule has 3 aliphatic rings. The first-order valence-corrected chi connectivity index (χ1v) is 25.1. The van der Waals surface area contributed by atoms with Gasteiger partial charge in [0.15, 0.2) is 16.7 Å². The van der Waals surface area contributed by atoms with Crippen LogP contribution < -0.4 is 20.3 Å².